The van der Waals surface area contributed by atoms with Crippen LogP contribution in [0.3, 0.4) is 0 Å². The fraction of sp³-hybridized carbons (Fsp3) is 1.00. The van der Waals surface area contributed by atoms with E-state index in [4.69, 9.17) is 9.47 Å². The molecule has 1 N–H and O–H groups in total. The first-order valence-corrected chi connectivity index (χ1v) is 9.25. The molecule has 1 spiro atoms. The molecule has 0 aliphatic carbocycles. The van der Waals surface area contributed by atoms with Gasteiger partial charge in [-0.25, -0.2) is 0 Å². The topological polar surface area (TPSA) is 30.5 Å². The monoisotopic (exact) mass is 301 g/mol. The first kappa shape index (κ1) is 16.6. The van der Waals surface area contributed by atoms with E-state index in [1.807, 2.05) is 7.11 Å². The lowest BCUT2D eigenvalue weighted by Crippen LogP contribution is -2.53. The van der Waals surface area contributed by atoms with Gasteiger partial charge in [-0.05, 0) is 43.4 Å². The third-order valence-corrected chi connectivity index (χ3v) is 6.05. The van der Waals surface area contributed by atoms with Crippen molar-refractivity contribution in [2.75, 3.05) is 31.8 Å². The van der Waals surface area contributed by atoms with E-state index in [2.05, 4.69) is 37.8 Å². The van der Waals surface area contributed by atoms with Gasteiger partial charge >= 0.3 is 0 Å². The van der Waals surface area contributed by atoms with E-state index < -0.39 is 0 Å². The summed E-state index contributed by atoms with van der Waals surface area (Å²) >= 11 is 2.05. The number of rotatable bonds is 6. The van der Waals surface area contributed by atoms with Crippen molar-refractivity contribution >= 4 is 11.8 Å². The second-order valence-corrected chi connectivity index (χ2v) is 7.72. The van der Waals surface area contributed by atoms with E-state index in [9.17, 15) is 0 Å². The molecule has 2 fully saturated rings. The average molecular weight is 301 g/mol. The summed E-state index contributed by atoms with van der Waals surface area (Å²) in [4.78, 5) is 0. The summed E-state index contributed by atoms with van der Waals surface area (Å²) in [6.07, 6.45) is 3.89. The lowest BCUT2D eigenvalue weighted by atomic mass is 9.77. The Balaban J connectivity index is 2.07. The van der Waals surface area contributed by atoms with Gasteiger partial charge in [0.1, 0.15) is 0 Å². The summed E-state index contributed by atoms with van der Waals surface area (Å²) < 4.78 is 12.0. The minimum Gasteiger partial charge on any atom is -0.380 e. The molecule has 20 heavy (non-hydrogen) atoms. The molecule has 0 bridgehead atoms. The molecular weight excluding hydrogens is 270 g/mol. The van der Waals surface area contributed by atoms with E-state index in [0.29, 0.717) is 24.0 Å². The number of thioether (sulfide) groups is 1. The third-order valence-electron chi connectivity index (χ3n) is 4.83. The molecule has 2 aliphatic rings. The molecule has 4 atom stereocenters. The van der Waals surface area contributed by atoms with Crippen molar-refractivity contribution in [2.24, 2.45) is 11.8 Å². The molecule has 2 heterocycles. The minimum absolute atomic E-state index is 0.163. The maximum atomic E-state index is 6.17. The first-order valence-electron chi connectivity index (χ1n) is 8.10. The van der Waals surface area contributed by atoms with Crippen LogP contribution in [0.4, 0.5) is 0 Å². The molecule has 0 aromatic rings. The lowest BCUT2D eigenvalue weighted by molar-refractivity contribution is -0.0985. The van der Waals surface area contributed by atoms with Crippen LogP contribution in [0.1, 0.15) is 40.0 Å². The highest BCUT2D eigenvalue weighted by molar-refractivity contribution is 7.99. The fourth-order valence-electron chi connectivity index (χ4n) is 3.86. The SMILES string of the molecule is CCNC(C1CCOC2(CCSC2)C1)C(OC)C(C)C. The Morgan fingerprint density at radius 2 is 2.25 bits per heavy atom. The quantitative estimate of drug-likeness (QED) is 0.817. The van der Waals surface area contributed by atoms with E-state index in [1.165, 1.54) is 24.3 Å². The smallest absolute Gasteiger partial charge is 0.0783 e. The van der Waals surface area contributed by atoms with Crippen LogP contribution in [0.2, 0.25) is 0 Å². The molecule has 118 valence electrons. The summed E-state index contributed by atoms with van der Waals surface area (Å²) in [7, 11) is 1.86. The first-order chi connectivity index (χ1) is 9.62. The summed E-state index contributed by atoms with van der Waals surface area (Å²) in [5.74, 6) is 3.66. The largest absolute Gasteiger partial charge is 0.380 e. The summed E-state index contributed by atoms with van der Waals surface area (Å²) in [5.41, 5.74) is 0.163. The molecule has 2 saturated heterocycles. The summed E-state index contributed by atoms with van der Waals surface area (Å²) in [6.45, 7) is 8.65. The van der Waals surface area contributed by atoms with Gasteiger partial charge in [0, 0.05) is 25.5 Å². The van der Waals surface area contributed by atoms with Crippen molar-refractivity contribution in [1.82, 2.24) is 5.32 Å². The van der Waals surface area contributed by atoms with Gasteiger partial charge in [0.25, 0.3) is 0 Å². The van der Waals surface area contributed by atoms with Crippen LogP contribution in [0, 0.1) is 11.8 Å². The number of hydrogen-bond acceptors (Lipinski definition) is 4. The van der Waals surface area contributed by atoms with Crippen molar-refractivity contribution in [1.29, 1.82) is 0 Å². The van der Waals surface area contributed by atoms with Gasteiger partial charge in [0.15, 0.2) is 0 Å². The molecule has 2 aliphatic heterocycles. The highest BCUT2D eigenvalue weighted by Gasteiger charge is 2.44. The number of nitrogens with one attached hydrogen (secondary N) is 1. The predicted octanol–water partition coefficient (Wildman–Crippen LogP) is 2.94. The molecule has 0 saturated carbocycles. The van der Waals surface area contributed by atoms with Crippen molar-refractivity contribution < 1.29 is 9.47 Å². The Morgan fingerprint density at radius 1 is 1.45 bits per heavy atom. The maximum Gasteiger partial charge on any atom is 0.0783 e. The van der Waals surface area contributed by atoms with Crippen molar-refractivity contribution in [3.63, 3.8) is 0 Å². The number of hydrogen-bond donors (Lipinski definition) is 1. The normalized spacial score (nSPS) is 33.8. The van der Waals surface area contributed by atoms with Gasteiger partial charge in [-0.15, -0.1) is 0 Å². The second kappa shape index (κ2) is 7.48. The lowest BCUT2D eigenvalue weighted by Gasteiger charge is -2.43. The van der Waals surface area contributed by atoms with E-state index in [1.54, 1.807) is 0 Å². The summed E-state index contributed by atoms with van der Waals surface area (Å²) in [5, 5.41) is 3.70. The van der Waals surface area contributed by atoms with Crippen LogP contribution in [0.25, 0.3) is 0 Å². The predicted molar refractivity (Wildman–Crippen MR) is 86.4 cm³/mol. The van der Waals surface area contributed by atoms with Crippen LogP contribution in [-0.4, -0.2) is 49.5 Å². The van der Waals surface area contributed by atoms with Crippen LogP contribution in [-0.2, 0) is 9.47 Å². The van der Waals surface area contributed by atoms with E-state index in [0.717, 1.165) is 19.6 Å². The van der Waals surface area contributed by atoms with Crippen molar-refractivity contribution in [3.8, 4) is 0 Å². The van der Waals surface area contributed by atoms with Crippen LogP contribution >= 0.6 is 11.8 Å². The number of likely N-dealkylation sites (N-methyl/N-ethyl adjacent to an activating group) is 1. The van der Waals surface area contributed by atoms with Gasteiger partial charge in [-0.3, -0.25) is 0 Å². The van der Waals surface area contributed by atoms with Crippen LogP contribution < -0.4 is 5.32 Å². The molecule has 4 heteroatoms. The maximum absolute atomic E-state index is 6.17. The number of methoxy groups -OCH3 is 1. The summed E-state index contributed by atoms with van der Waals surface area (Å²) in [6, 6.07) is 0.455. The Morgan fingerprint density at radius 3 is 2.80 bits per heavy atom. The fourth-order valence-corrected chi connectivity index (χ4v) is 5.23. The zero-order valence-electron chi connectivity index (χ0n) is 13.5. The van der Waals surface area contributed by atoms with Gasteiger partial charge in [-0.1, -0.05) is 20.8 Å². The molecule has 0 aromatic heterocycles. The molecule has 0 radical (unpaired) electrons. The van der Waals surface area contributed by atoms with Crippen molar-refractivity contribution in [3.05, 3.63) is 0 Å². The number of ether oxygens (including phenoxy) is 2. The van der Waals surface area contributed by atoms with Crippen molar-refractivity contribution in [2.45, 2.75) is 57.8 Å². The highest BCUT2D eigenvalue weighted by atomic mass is 32.2. The van der Waals surface area contributed by atoms with E-state index >= 15 is 0 Å². The zero-order chi connectivity index (χ0) is 14.6. The molecule has 4 unspecified atom stereocenters. The van der Waals surface area contributed by atoms with E-state index in [-0.39, 0.29) is 5.60 Å². The molecule has 3 nitrogen and oxygen atoms in total. The molecule has 0 amide bonds. The standard InChI is InChI=1S/C16H31NO2S/c1-5-17-14(15(18-4)12(2)3)13-6-8-19-16(10-13)7-9-20-11-16/h12-15,17H,5-11H2,1-4H3. The highest BCUT2D eigenvalue weighted by Crippen LogP contribution is 2.42. The second-order valence-electron chi connectivity index (χ2n) is 6.61. The molecule has 2 rings (SSSR count). The van der Waals surface area contributed by atoms with Gasteiger partial charge in [-0.2, -0.15) is 11.8 Å². The van der Waals surface area contributed by atoms with Gasteiger partial charge < -0.3 is 14.8 Å². The van der Waals surface area contributed by atoms with Crippen LogP contribution in [0.15, 0.2) is 0 Å². The Bertz CT molecular complexity index is 292. The van der Waals surface area contributed by atoms with Gasteiger partial charge in [0.05, 0.1) is 11.7 Å². The zero-order valence-corrected chi connectivity index (χ0v) is 14.3. The third kappa shape index (κ3) is 3.70. The van der Waals surface area contributed by atoms with Gasteiger partial charge in [0.2, 0.25) is 0 Å². The molecular formula is C16H31NO2S. The Labute approximate surface area is 128 Å². The Kier molecular flexibility index (Phi) is 6.21. The minimum atomic E-state index is 0.163. The average Bonchev–Trinajstić information content (AvgIpc) is 2.86. The van der Waals surface area contributed by atoms with Crippen LogP contribution in [0.5, 0.6) is 0 Å². The Hall–Kier alpha value is 0.230. The molecule has 0 aromatic carbocycles.